The highest BCUT2D eigenvalue weighted by Crippen LogP contribution is 2.22. The van der Waals surface area contributed by atoms with Crippen LogP contribution in [0.3, 0.4) is 0 Å². The molecule has 17 heavy (non-hydrogen) atoms. The van der Waals surface area contributed by atoms with E-state index < -0.39 is 0 Å². The van der Waals surface area contributed by atoms with Gasteiger partial charge in [0.2, 0.25) is 5.91 Å². The normalized spacial score (nSPS) is 13.8. The zero-order valence-corrected chi connectivity index (χ0v) is 10.2. The average Bonchev–Trinajstić information content (AvgIpc) is 2.64. The molecule has 0 radical (unpaired) electrons. The van der Waals surface area contributed by atoms with Gasteiger partial charge < -0.3 is 9.80 Å². The van der Waals surface area contributed by atoms with Crippen LogP contribution >= 0.6 is 0 Å². The fourth-order valence-electron chi connectivity index (χ4n) is 1.99. The Labute approximate surface area is 101 Å². The van der Waals surface area contributed by atoms with E-state index in [1.54, 1.807) is 19.0 Å². The first kappa shape index (κ1) is 11.6. The minimum absolute atomic E-state index is 0.105. The van der Waals surface area contributed by atoms with Crippen molar-refractivity contribution in [2.75, 3.05) is 20.6 Å². The monoisotopic (exact) mass is 231 g/mol. The lowest BCUT2D eigenvalue weighted by Crippen LogP contribution is -2.30. The second kappa shape index (κ2) is 4.57. The summed E-state index contributed by atoms with van der Waals surface area (Å²) in [6.45, 7) is 1.36. The summed E-state index contributed by atoms with van der Waals surface area (Å²) in [4.78, 5) is 15.0. The van der Waals surface area contributed by atoms with Crippen LogP contribution in [0.15, 0.2) is 24.3 Å². The van der Waals surface area contributed by atoms with Crippen LogP contribution in [0, 0.1) is 5.41 Å². The van der Waals surface area contributed by atoms with Crippen molar-refractivity contribution in [2.45, 2.75) is 13.0 Å². The molecule has 1 heterocycles. The van der Waals surface area contributed by atoms with Crippen LogP contribution in [0.2, 0.25) is 0 Å². The summed E-state index contributed by atoms with van der Waals surface area (Å²) < 4.78 is 0. The number of amidine groups is 1. The number of fused-ring (bicyclic) bond motifs is 1. The van der Waals surface area contributed by atoms with Gasteiger partial charge >= 0.3 is 0 Å². The van der Waals surface area contributed by atoms with Crippen LogP contribution in [0.5, 0.6) is 0 Å². The van der Waals surface area contributed by atoms with Crippen molar-refractivity contribution >= 4 is 11.7 Å². The number of nitrogens with zero attached hydrogens (tertiary/aromatic N) is 2. The van der Waals surface area contributed by atoms with Gasteiger partial charge in [0.1, 0.15) is 5.84 Å². The maximum Gasteiger partial charge on any atom is 0.223 e. The summed E-state index contributed by atoms with van der Waals surface area (Å²) in [6, 6.07) is 7.94. The van der Waals surface area contributed by atoms with Gasteiger partial charge in [0.15, 0.2) is 0 Å². The Hall–Kier alpha value is -1.84. The highest BCUT2D eigenvalue weighted by molar-refractivity contribution is 6.00. The highest BCUT2D eigenvalue weighted by atomic mass is 16.2. The Kier molecular flexibility index (Phi) is 3.13. The molecule has 0 fully saturated rings. The van der Waals surface area contributed by atoms with Crippen molar-refractivity contribution in [1.29, 1.82) is 5.41 Å². The number of amides is 1. The molecule has 1 aromatic rings. The van der Waals surface area contributed by atoms with Crippen LogP contribution < -0.4 is 0 Å². The first-order valence-corrected chi connectivity index (χ1v) is 5.71. The van der Waals surface area contributed by atoms with E-state index >= 15 is 0 Å². The van der Waals surface area contributed by atoms with Gasteiger partial charge in [-0.1, -0.05) is 24.3 Å². The molecule has 1 N–H and O–H groups in total. The lowest BCUT2D eigenvalue weighted by molar-refractivity contribution is -0.128. The molecular weight excluding hydrogens is 214 g/mol. The molecule has 4 nitrogen and oxygen atoms in total. The van der Waals surface area contributed by atoms with E-state index in [2.05, 4.69) is 0 Å². The Bertz CT molecular complexity index is 454. The molecule has 1 aliphatic heterocycles. The highest BCUT2D eigenvalue weighted by Gasteiger charge is 2.23. The van der Waals surface area contributed by atoms with Crippen LogP contribution in [-0.4, -0.2) is 42.2 Å². The molecule has 0 unspecified atom stereocenters. The molecule has 0 aromatic heterocycles. The SMILES string of the molecule is CN(C)C(=O)CCN1Cc2ccccc2C1=N. The molecule has 1 amide bonds. The number of carbonyl (C=O) groups excluding carboxylic acids is 1. The second-order valence-electron chi connectivity index (χ2n) is 4.47. The second-order valence-corrected chi connectivity index (χ2v) is 4.47. The molecule has 2 rings (SSSR count). The third kappa shape index (κ3) is 2.30. The third-order valence-electron chi connectivity index (χ3n) is 3.04. The molecule has 0 spiro atoms. The van der Waals surface area contributed by atoms with Crippen LogP contribution in [-0.2, 0) is 11.3 Å². The molecule has 0 atom stereocenters. The number of rotatable bonds is 3. The van der Waals surface area contributed by atoms with E-state index in [0.29, 0.717) is 18.8 Å². The molecule has 1 aromatic carbocycles. The first-order valence-electron chi connectivity index (χ1n) is 5.71. The smallest absolute Gasteiger partial charge is 0.223 e. The number of hydrogen-bond acceptors (Lipinski definition) is 2. The zero-order valence-electron chi connectivity index (χ0n) is 10.2. The number of carbonyl (C=O) groups is 1. The first-order chi connectivity index (χ1) is 8.09. The standard InChI is InChI=1S/C13H17N3O/c1-15(2)12(17)7-8-16-9-10-5-3-4-6-11(10)13(16)14/h3-6,14H,7-9H2,1-2H3. The van der Waals surface area contributed by atoms with Crippen molar-refractivity contribution < 1.29 is 4.79 Å². The molecule has 0 saturated heterocycles. The fraction of sp³-hybridized carbons (Fsp3) is 0.385. The van der Waals surface area contributed by atoms with Gasteiger partial charge in [0.25, 0.3) is 0 Å². The van der Waals surface area contributed by atoms with Gasteiger partial charge in [0, 0.05) is 39.2 Å². The van der Waals surface area contributed by atoms with E-state index in [-0.39, 0.29) is 5.91 Å². The van der Waals surface area contributed by atoms with Gasteiger partial charge in [-0.25, -0.2) is 0 Å². The van der Waals surface area contributed by atoms with Crippen LogP contribution in [0.25, 0.3) is 0 Å². The topological polar surface area (TPSA) is 47.4 Å². The van der Waals surface area contributed by atoms with Crippen molar-refractivity contribution in [3.05, 3.63) is 35.4 Å². The maximum atomic E-state index is 11.5. The van der Waals surface area contributed by atoms with Crippen molar-refractivity contribution in [2.24, 2.45) is 0 Å². The van der Waals surface area contributed by atoms with E-state index in [1.807, 2.05) is 29.2 Å². The predicted molar refractivity (Wildman–Crippen MR) is 67.0 cm³/mol. The maximum absolute atomic E-state index is 11.5. The zero-order chi connectivity index (χ0) is 12.4. The minimum atomic E-state index is 0.105. The largest absolute Gasteiger partial charge is 0.352 e. The summed E-state index contributed by atoms with van der Waals surface area (Å²) in [6.07, 6.45) is 0.462. The van der Waals surface area contributed by atoms with Crippen molar-refractivity contribution in [3.8, 4) is 0 Å². The van der Waals surface area contributed by atoms with Crippen LogP contribution in [0.1, 0.15) is 17.5 Å². The van der Waals surface area contributed by atoms with Gasteiger partial charge in [-0.15, -0.1) is 0 Å². The van der Waals surface area contributed by atoms with Crippen molar-refractivity contribution in [1.82, 2.24) is 9.80 Å². The molecule has 0 aliphatic carbocycles. The minimum Gasteiger partial charge on any atom is -0.352 e. The lowest BCUT2D eigenvalue weighted by Gasteiger charge is -2.18. The number of nitrogens with one attached hydrogen (secondary N) is 1. The Morgan fingerprint density at radius 3 is 2.76 bits per heavy atom. The Morgan fingerprint density at radius 1 is 1.41 bits per heavy atom. The Morgan fingerprint density at radius 2 is 2.12 bits per heavy atom. The van der Waals surface area contributed by atoms with Gasteiger partial charge in [-0.2, -0.15) is 0 Å². The van der Waals surface area contributed by atoms with Crippen LogP contribution in [0.4, 0.5) is 0 Å². The van der Waals surface area contributed by atoms with E-state index in [9.17, 15) is 4.79 Å². The summed E-state index contributed by atoms with van der Waals surface area (Å²) >= 11 is 0. The molecule has 0 saturated carbocycles. The number of hydrogen-bond donors (Lipinski definition) is 1. The van der Waals surface area contributed by atoms with E-state index in [1.165, 1.54) is 5.56 Å². The lowest BCUT2D eigenvalue weighted by atomic mass is 10.1. The Balaban J connectivity index is 1.99. The van der Waals surface area contributed by atoms with E-state index in [4.69, 9.17) is 5.41 Å². The molecular formula is C13H17N3O. The van der Waals surface area contributed by atoms with Gasteiger partial charge in [-0.05, 0) is 5.56 Å². The predicted octanol–water partition coefficient (Wildman–Crippen LogP) is 1.31. The third-order valence-corrected chi connectivity index (χ3v) is 3.04. The molecule has 4 heteroatoms. The van der Waals surface area contributed by atoms with Gasteiger partial charge in [0.05, 0.1) is 0 Å². The summed E-state index contributed by atoms with van der Waals surface area (Å²) in [5.74, 6) is 0.640. The number of benzene rings is 1. The quantitative estimate of drug-likeness (QED) is 0.852. The summed E-state index contributed by atoms with van der Waals surface area (Å²) in [7, 11) is 3.51. The fourth-order valence-corrected chi connectivity index (χ4v) is 1.99. The van der Waals surface area contributed by atoms with Crippen molar-refractivity contribution in [3.63, 3.8) is 0 Å². The molecule has 90 valence electrons. The van der Waals surface area contributed by atoms with Gasteiger partial charge in [-0.3, -0.25) is 10.2 Å². The summed E-state index contributed by atoms with van der Waals surface area (Å²) in [5.41, 5.74) is 2.17. The summed E-state index contributed by atoms with van der Waals surface area (Å²) in [5, 5.41) is 8.04. The molecule has 1 aliphatic rings. The molecule has 0 bridgehead atoms. The van der Waals surface area contributed by atoms with E-state index in [0.717, 1.165) is 12.1 Å². The average molecular weight is 231 g/mol.